The number of ether oxygens (including phenoxy) is 1. The Morgan fingerprint density at radius 1 is 1.44 bits per heavy atom. The fraction of sp³-hybridized carbons (Fsp3) is 0.545. The maximum atomic E-state index is 13.6. The van der Waals surface area contributed by atoms with Gasteiger partial charge >= 0.3 is 0 Å². The summed E-state index contributed by atoms with van der Waals surface area (Å²) in [4.78, 5) is 13.2. The number of halogens is 1. The van der Waals surface area contributed by atoms with E-state index in [1.165, 1.54) is 13.0 Å². The van der Waals surface area contributed by atoms with Gasteiger partial charge in [-0.15, -0.1) is 0 Å². The van der Waals surface area contributed by atoms with Crippen LogP contribution in [-0.4, -0.2) is 45.2 Å². The molecule has 6 nitrogen and oxygen atoms in total. The van der Waals surface area contributed by atoms with Crippen molar-refractivity contribution >= 4 is 0 Å². The Morgan fingerprint density at radius 3 is 2.67 bits per heavy atom. The highest BCUT2D eigenvalue weighted by Crippen LogP contribution is 2.34. The molecule has 1 aliphatic rings. The number of aryl methyl sites for hydroxylation is 1. The minimum Gasteiger partial charge on any atom is -0.394 e. The van der Waals surface area contributed by atoms with Crippen LogP contribution in [0.15, 0.2) is 10.9 Å². The van der Waals surface area contributed by atoms with E-state index >= 15 is 0 Å². The molecule has 0 radical (unpaired) electrons. The Balaban J connectivity index is 2.38. The van der Waals surface area contributed by atoms with Crippen LogP contribution in [0.4, 0.5) is 4.39 Å². The van der Waals surface area contributed by atoms with Crippen LogP contribution in [0, 0.1) is 12.9 Å². The molecule has 0 bridgehead atoms. The Labute approximate surface area is 102 Å². The van der Waals surface area contributed by atoms with Crippen molar-refractivity contribution in [2.24, 2.45) is 0 Å². The molecule has 4 atom stereocenters. The summed E-state index contributed by atoms with van der Waals surface area (Å²) >= 11 is 0. The summed E-state index contributed by atoms with van der Waals surface area (Å²) < 4.78 is 18.8. The van der Waals surface area contributed by atoms with Gasteiger partial charge in [-0.05, 0) is 13.0 Å². The molecule has 18 heavy (non-hydrogen) atoms. The van der Waals surface area contributed by atoms with Gasteiger partial charge in [-0.3, -0.25) is 9.78 Å². The summed E-state index contributed by atoms with van der Waals surface area (Å²) in [7, 11) is 0. The van der Waals surface area contributed by atoms with Gasteiger partial charge in [0.25, 0.3) is 5.56 Å². The molecule has 2 rings (SSSR count). The number of pyridine rings is 1. The summed E-state index contributed by atoms with van der Waals surface area (Å²) in [6, 6.07) is 1.26. The van der Waals surface area contributed by atoms with Gasteiger partial charge in [0.05, 0.1) is 6.61 Å². The molecule has 0 aromatic carbocycles. The SMILES string of the molecule is Cc1cc(C2OC(CO)C(O)C2O)c(F)[nH]c1=O. The summed E-state index contributed by atoms with van der Waals surface area (Å²) in [6.45, 7) is 1.00. The van der Waals surface area contributed by atoms with E-state index in [2.05, 4.69) is 0 Å². The summed E-state index contributed by atoms with van der Waals surface area (Å²) in [5.74, 6) is -0.916. The molecule has 0 amide bonds. The second-order valence-corrected chi connectivity index (χ2v) is 4.31. The Morgan fingerprint density at radius 2 is 2.11 bits per heavy atom. The minimum atomic E-state index is -1.36. The molecule has 1 aliphatic heterocycles. The number of aliphatic hydroxyl groups excluding tert-OH is 3. The highest BCUT2D eigenvalue weighted by atomic mass is 19.1. The number of aromatic nitrogens is 1. The number of rotatable bonds is 2. The van der Waals surface area contributed by atoms with Crippen molar-refractivity contribution in [1.82, 2.24) is 4.98 Å². The van der Waals surface area contributed by atoms with Gasteiger partial charge in [0.1, 0.15) is 24.4 Å². The standard InChI is InChI=1S/C11H14FNO5/c1-4-2-5(10(12)13-11(4)17)9-8(16)7(15)6(3-14)18-9/h2,6-9,14-16H,3H2,1H3,(H,13,17). The largest absolute Gasteiger partial charge is 0.394 e. The first kappa shape index (κ1) is 13.2. The molecule has 100 valence electrons. The normalized spacial score (nSPS) is 31.8. The quantitative estimate of drug-likeness (QED) is 0.509. The van der Waals surface area contributed by atoms with Crippen molar-refractivity contribution in [3.8, 4) is 0 Å². The van der Waals surface area contributed by atoms with Crippen LogP contribution in [0.3, 0.4) is 0 Å². The van der Waals surface area contributed by atoms with Crippen LogP contribution >= 0.6 is 0 Å². The van der Waals surface area contributed by atoms with Crippen LogP contribution in [0.25, 0.3) is 0 Å². The van der Waals surface area contributed by atoms with Crippen LogP contribution in [0.2, 0.25) is 0 Å². The zero-order chi connectivity index (χ0) is 13.4. The second-order valence-electron chi connectivity index (χ2n) is 4.31. The first-order valence-electron chi connectivity index (χ1n) is 5.47. The van der Waals surface area contributed by atoms with Crippen LogP contribution in [-0.2, 0) is 4.74 Å². The van der Waals surface area contributed by atoms with Gasteiger partial charge in [-0.1, -0.05) is 0 Å². The summed E-state index contributed by atoms with van der Waals surface area (Å²) in [6.07, 6.45) is -4.75. The topological polar surface area (TPSA) is 103 Å². The van der Waals surface area contributed by atoms with Crippen LogP contribution in [0.1, 0.15) is 17.2 Å². The highest BCUT2D eigenvalue weighted by Gasteiger charge is 2.44. The van der Waals surface area contributed by atoms with Crippen LogP contribution in [0.5, 0.6) is 0 Å². The van der Waals surface area contributed by atoms with Crippen molar-refractivity contribution in [2.75, 3.05) is 6.61 Å². The van der Waals surface area contributed by atoms with Crippen molar-refractivity contribution in [3.05, 3.63) is 33.5 Å². The fourth-order valence-corrected chi connectivity index (χ4v) is 2.00. The number of aromatic amines is 1. The van der Waals surface area contributed by atoms with E-state index in [4.69, 9.17) is 9.84 Å². The summed E-state index contributed by atoms with van der Waals surface area (Å²) in [5.41, 5.74) is -0.346. The van der Waals surface area contributed by atoms with Crippen molar-refractivity contribution in [1.29, 1.82) is 0 Å². The highest BCUT2D eigenvalue weighted by molar-refractivity contribution is 5.23. The van der Waals surface area contributed by atoms with Gasteiger partial charge in [0.15, 0.2) is 5.95 Å². The molecule has 2 heterocycles. The molecule has 4 N–H and O–H groups in total. The zero-order valence-electron chi connectivity index (χ0n) is 9.63. The van der Waals surface area contributed by atoms with E-state index in [0.29, 0.717) is 0 Å². The third-order valence-electron chi connectivity index (χ3n) is 3.06. The molecule has 0 saturated carbocycles. The smallest absolute Gasteiger partial charge is 0.253 e. The maximum absolute atomic E-state index is 13.6. The lowest BCUT2D eigenvalue weighted by Gasteiger charge is -2.15. The first-order chi connectivity index (χ1) is 8.45. The molecule has 1 fully saturated rings. The van der Waals surface area contributed by atoms with Gasteiger partial charge in [0, 0.05) is 11.1 Å². The lowest BCUT2D eigenvalue weighted by atomic mass is 10.0. The number of hydrogen-bond donors (Lipinski definition) is 4. The zero-order valence-corrected chi connectivity index (χ0v) is 9.63. The van der Waals surface area contributed by atoms with Gasteiger partial charge in [-0.2, -0.15) is 4.39 Å². The molecule has 1 aromatic rings. The first-order valence-corrected chi connectivity index (χ1v) is 5.47. The van der Waals surface area contributed by atoms with E-state index in [-0.39, 0.29) is 11.1 Å². The second kappa shape index (κ2) is 4.77. The average molecular weight is 259 g/mol. The number of hydrogen-bond acceptors (Lipinski definition) is 5. The van der Waals surface area contributed by atoms with E-state index in [9.17, 15) is 19.4 Å². The van der Waals surface area contributed by atoms with E-state index < -0.39 is 42.5 Å². The molecule has 0 aliphatic carbocycles. The molecule has 1 saturated heterocycles. The molecule has 4 unspecified atom stereocenters. The minimum absolute atomic E-state index is 0.0467. The third-order valence-corrected chi connectivity index (χ3v) is 3.06. The molecular formula is C11H14FNO5. The lowest BCUT2D eigenvalue weighted by molar-refractivity contribution is -0.0239. The van der Waals surface area contributed by atoms with Gasteiger partial charge in [0.2, 0.25) is 0 Å². The van der Waals surface area contributed by atoms with E-state index in [1.54, 1.807) is 0 Å². The predicted octanol–water partition coefficient (Wildman–Crippen LogP) is -1.02. The molecule has 7 heteroatoms. The Kier molecular flexibility index (Phi) is 3.49. The van der Waals surface area contributed by atoms with E-state index in [1.807, 2.05) is 4.98 Å². The van der Waals surface area contributed by atoms with Crippen molar-refractivity contribution in [3.63, 3.8) is 0 Å². The van der Waals surface area contributed by atoms with E-state index in [0.717, 1.165) is 0 Å². The summed E-state index contributed by atoms with van der Waals surface area (Å²) in [5, 5.41) is 28.3. The third kappa shape index (κ3) is 2.05. The Hall–Kier alpha value is -1.28. The fourth-order valence-electron chi connectivity index (χ4n) is 2.00. The molecule has 0 spiro atoms. The monoisotopic (exact) mass is 259 g/mol. The maximum Gasteiger partial charge on any atom is 0.253 e. The van der Waals surface area contributed by atoms with Crippen molar-refractivity contribution < 1.29 is 24.4 Å². The van der Waals surface area contributed by atoms with Crippen LogP contribution < -0.4 is 5.56 Å². The van der Waals surface area contributed by atoms with Gasteiger partial charge < -0.3 is 20.1 Å². The Bertz CT molecular complexity index is 503. The molecular weight excluding hydrogens is 245 g/mol. The number of aliphatic hydroxyl groups is 3. The average Bonchev–Trinajstić information content (AvgIpc) is 2.61. The molecule has 1 aromatic heterocycles. The number of nitrogens with one attached hydrogen (secondary N) is 1. The number of H-pyrrole nitrogens is 1. The van der Waals surface area contributed by atoms with Crippen molar-refractivity contribution in [2.45, 2.75) is 31.3 Å². The lowest BCUT2D eigenvalue weighted by Crippen LogP contribution is -2.32. The van der Waals surface area contributed by atoms with Gasteiger partial charge in [-0.25, -0.2) is 0 Å². The predicted molar refractivity (Wildman–Crippen MR) is 58.5 cm³/mol.